The Morgan fingerprint density at radius 1 is 1.28 bits per heavy atom. The van der Waals surface area contributed by atoms with Crippen molar-refractivity contribution in [2.45, 2.75) is 30.8 Å². The predicted molar refractivity (Wildman–Crippen MR) is 120 cm³/mol. The fourth-order valence-corrected chi connectivity index (χ4v) is 4.36. The highest BCUT2D eigenvalue weighted by Crippen LogP contribution is 2.40. The van der Waals surface area contributed by atoms with Crippen molar-refractivity contribution >= 4 is 18.0 Å². The van der Waals surface area contributed by atoms with Gasteiger partial charge in [0.15, 0.2) is 17.4 Å². The number of carbonyl (C=O) groups is 2. The van der Waals surface area contributed by atoms with Crippen molar-refractivity contribution in [3.8, 4) is 0 Å². The van der Waals surface area contributed by atoms with E-state index in [1.54, 1.807) is 24.7 Å². The average Bonchev–Trinajstić information content (AvgIpc) is 3.38. The number of hydrogen-bond acceptors (Lipinski definition) is 8. The van der Waals surface area contributed by atoms with Gasteiger partial charge in [-0.1, -0.05) is 12.1 Å². The number of nitrogens with one attached hydrogen (secondary N) is 1. The zero-order chi connectivity index (χ0) is 26.3. The highest BCUT2D eigenvalue weighted by molar-refractivity contribution is 5.98. The van der Waals surface area contributed by atoms with E-state index in [4.69, 9.17) is 9.73 Å². The van der Waals surface area contributed by atoms with Gasteiger partial charge in [0.2, 0.25) is 0 Å². The average molecular weight is 507 g/mol. The number of aromatic nitrogens is 2. The van der Waals surface area contributed by atoms with E-state index >= 15 is 0 Å². The number of rotatable bonds is 6. The Morgan fingerprint density at radius 2 is 1.97 bits per heavy atom. The molecule has 2 aliphatic heterocycles. The van der Waals surface area contributed by atoms with Crippen LogP contribution in [0.5, 0.6) is 0 Å². The fraction of sp³-hybridized carbons (Fsp3) is 0.391. The number of aryl methyl sites for hydroxylation is 1. The molecule has 0 unspecified atom stereocenters. The topological polar surface area (TPSA) is 118 Å². The van der Waals surface area contributed by atoms with Crippen LogP contribution in [-0.2, 0) is 26.9 Å². The second-order valence-corrected chi connectivity index (χ2v) is 8.71. The molecule has 0 radical (unpaired) electrons. The van der Waals surface area contributed by atoms with Crippen molar-refractivity contribution in [1.82, 2.24) is 19.8 Å². The lowest BCUT2D eigenvalue weighted by atomic mass is 9.87. The molecule has 0 saturated carbocycles. The third-order valence-electron chi connectivity index (χ3n) is 6.13. The summed E-state index contributed by atoms with van der Waals surface area (Å²) >= 11 is 0. The highest BCUT2D eigenvalue weighted by Gasteiger charge is 2.50. The lowest BCUT2D eigenvalue weighted by Crippen LogP contribution is -2.46. The number of carbonyl (C=O) groups excluding carboxylic acids is 1. The Labute approximate surface area is 204 Å². The van der Waals surface area contributed by atoms with Gasteiger partial charge < -0.3 is 24.5 Å². The summed E-state index contributed by atoms with van der Waals surface area (Å²) in [5, 5.41) is 12.5. The number of methoxy groups -OCH3 is 1. The number of ether oxygens (including phenoxy) is 2. The van der Waals surface area contributed by atoms with Crippen LogP contribution in [0.4, 0.5) is 18.0 Å². The van der Waals surface area contributed by atoms with Gasteiger partial charge in [0.25, 0.3) is 5.92 Å². The molecule has 2 atom stereocenters. The van der Waals surface area contributed by atoms with Crippen LogP contribution in [0.2, 0.25) is 0 Å². The minimum atomic E-state index is -3.22. The first-order chi connectivity index (χ1) is 16.9. The summed E-state index contributed by atoms with van der Waals surface area (Å²) < 4.78 is 53.9. The van der Waals surface area contributed by atoms with E-state index < -0.39 is 48.4 Å². The molecule has 10 nitrogen and oxygen atoms in total. The van der Waals surface area contributed by atoms with Gasteiger partial charge in [-0.25, -0.2) is 27.9 Å². The zero-order valence-corrected chi connectivity index (χ0v) is 19.7. The van der Waals surface area contributed by atoms with Gasteiger partial charge in [0.1, 0.15) is 17.4 Å². The number of hydrogen-bond donors (Lipinski definition) is 2. The second-order valence-electron chi connectivity index (χ2n) is 8.71. The second kappa shape index (κ2) is 9.30. The first-order valence-electron chi connectivity index (χ1n) is 10.9. The molecule has 1 aromatic carbocycles. The Hall–Kier alpha value is -3.87. The summed E-state index contributed by atoms with van der Waals surface area (Å²) in [5.41, 5.74) is -0.954. The standard InChI is InChI=1S/C23H24F3N5O5/c1-22(13-4-6-14(24)7-5-13)17(36-21(34)35-3)15(28-18(29-22)19-27-8-9-30(19)2)11-31-12-23(25,26)10-16(31)20(32)33/h4-9,16H,10-12H2,1-3H3,(H,28,29)(H,32,33)/t16-,22-/m0/s1. The van der Waals surface area contributed by atoms with Crippen molar-refractivity contribution in [3.05, 3.63) is 65.3 Å². The van der Waals surface area contributed by atoms with E-state index in [0.29, 0.717) is 11.4 Å². The lowest BCUT2D eigenvalue weighted by Gasteiger charge is -2.36. The maximum atomic E-state index is 14.2. The highest BCUT2D eigenvalue weighted by atomic mass is 19.3. The van der Waals surface area contributed by atoms with Gasteiger partial charge in [0, 0.05) is 32.4 Å². The summed E-state index contributed by atoms with van der Waals surface area (Å²) in [4.78, 5) is 34.0. The minimum Gasteiger partial charge on any atom is -0.480 e. The smallest absolute Gasteiger partial charge is 0.480 e. The number of amidine groups is 1. The van der Waals surface area contributed by atoms with Gasteiger partial charge in [0.05, 0.1) is 19.4 Å². The van der Waals surface area contributed by atoms with Crippen LogP contribution < -0.4 is 5.32 Å². The van der Waals surface area contributed by atoms with Crippen molar-refractivity contribution in [3.63, 3.8) is 0 Å². The largest absolute Gasteiger partial charge is 0.513 e. The van der Waals surface area contributed by atoms with Crippen LogP contribution in [0, 0.1) is 5.82 Å². The van der Waals surface area contributed by atoms with E-state index in [2.05, 4.69) is 15.0 Å². The Morgan fingerprint density at radius 3 is 2.56 bits per heavy atom. The van der Waals surface area contributed by atoms with Crippen molar-refractivity contribution in [1.29, 1.82) is 0 Å². The number of benzene rings is 1. The number of alkyl halides is 2. The molecule has 13 heteroatoms. The lowest BCUT2D eigenvalue weighted by molar-refractivity contribution is -0.142. The van der Waals surface area contributed by atoms with Gasteiger partial charge >= 0.3 is 12.1 Å². The SMILES string of the molecule is COC(=O)OC1=C(CN2CC(F)(F)C[C@H]2C(=O)O)NC(c2nccn2C)=N[C@@]1(C)c1ccc(F)cc1. The Bertz CT molecular complexity index is 1240. The summed E-state index contributed by atoms with van der Waals surface area (Å²) in [6, 6.07) is 3.83. The van der Waals surface area contributed by atoms with Crippen LogP contribution in [0.1, 0.15) is 24.7 Å². The summed E-state index contributed by atoms with van der Waals surface area (Å²) in [7, 11) is 2.81. The number of halogens is 3. The molecule has 1 saturated heterocycles. The quantitative estimate of drug-likeness (QED) is 0.573. The summed E-state index contributed by atoms with van der Waals surface area (Å²) in [6.45, 7) is 0.428. The molecule has 4 rings (SSSR count). The minimum absolute atomic E-state index is 0.101. The number of nitrogens with zero attached hydrogens (tertiary/aromatic N) is 4. The Balaban J connectivity index is 1.87. The summed E-state index contributed by atoms with van der Waals surface area (Å²) in [6.07, 6.45) is 1.23. The number of aliphatic carboxylic acids is 1. The first-order valence-corrected chi connectivity index (χ1v) is 10.9. The van der Waals surface area contributed by atoms with Crippen LogP contribution in [0.3, 0.4) is 0 Å². The van der Waals surface area contributed by atoms with E-state index in [1.165, 1.54) is 30.5 Å². The van der Waals surface area contributed by atoms with Crippen LogP contribution in [0.25, 0.3) is 0 Å². The third-order valence-corrected chi connectivity index (χ3v) is 6.13. The third kappa shape index (κ3) is 4.78. The molecule has 192 valence electrons. The number of carboxylic acid groups (broad SMARTS) is 1. The predicted octanol–water partition coefficient (Wildman–Crippen LogP) is 2.61. The molecule has 36 heavy (non-hydrogen) atoms. The van der Waals surface area contributed by atoms with Crippen LogP contribution in [0.15, 0.2) is 53.1 Å². The molecule has 0 amide bonds. The molecular weight excluding hydrogens is 483 g/mol. The molecule has 0 spiro atoms. The molecule has 2 aromatic rings. The van der Waals surface area contributed by atoms with Crippen LogP contribution >= 0.6 is 0 Å². The van der Waals surface area contributed by atoms with Crippen molar-refractivity contribution in [2.24, 2.45) is 12.0 Å². The first kappa shape index (κ1) is 25.2. The maximum absolute atomic E-state index is 14.2. The molecule has 1 fully saturated rings. The van der Waals surface area contributed by atoms with E-state index in [0.717, 1.165) is 12.0 Å². The molecule has 0 aliphatic carbocycles. The van der Waals surface area contributed by atoms with E-state index in [-0.39, 0.29) is 23.8 Å². The van der Waals surface area contributed by atoms with Gasteiger partial charge in [-0.2, -0.15) is 0 Å². The monoisotopic (exact) mass is 507 g/mol. The normalized spacial score (nSPS) is 23.7. The number of likely N-dealkylation sites (tertiary alicyclic amines) is 1. The molecule has 3 heterocycles. The fourth-order valence-electron chi connectivity index (χ4n) is 4.36. The van der Waals surface area contributed by atoms with Crippen LogP contribution in [-0.4, -0.2) is 69.7 Å². The van der Waals surface area contributed by atoms with Crippen molar-refractivity contribution in [2.75, 3.05) is 20.2 Å². The number of carboxylic acids is 1. The van der Waals surface area contributed by atoms with E-state index in [1.807, 2.05) is 0 Å². The maximum Gasteiger partial charge on any atom is 0.513 e. The molecular formula is C23H24F3N5O5. The molecule has 2 N–H and O–H groups in total. The van der Waals surface area contributed by atoms with Gasteiger partial charge in [-0.3, -0.25) is 9.69 Å². The van der Waals surface area contributed by atoms with E-state index in [9.17, 15) is 27.9 Å². The Kier molecular flexibility index (Phi) is 6.52. The molecule has 1 aromatic heterocycles. The van der Waals surface area contributed by atoms with Crippen molar-refractivity contribution < 1.29 is 37.3 Å². The summed E-state index contributed by atoms with van der Waals surface area (Å²) in [5.74, 6) is -4.67. The number of aliphatic imine (C=N–C) groups is 1. The van der Waals surface area contributed by atoms with Gasteiger partial charge in [-0.15, -0.1) is 0 Å². The van der Waals surface area contributed by atoms with Gasteiger partial charge in [-0.05, 0) is 24.6 Å². The molecule has 0 bridgehead atoms. The number of imidazole rings is 1. The molecule has 2 aliphatic rings. The zero-order valence-electron chi connectivity index (χ0n) is 19.7.